The van der Waals surface area contributed by atoms with E-state index in [4.69, 9.17) is 14.3 Å². The summed E-state index contributed by atoms with van der Waals surface area (Å²) in [5.41, 5.74) is 0.483. The smallest absolute Gasteiger partial charge is 0.410 e. The number of fused-ring (bicyclic) bond motifs is 3. The predicted molar refractivity (Wildman–Crippen MR) is 190 cm³/mol. The maximum absolute atomic E-state index is 14.4. The lowest BCUT2D eigenvalue weighted by atomic mass is 10.0. The van der Waals surface area contributed by atoms with E-state index in [1.165, 1.54) is 21.9 Å². The lowest BCUT2D eigenvalue weighted by Gasteiger charge is -2.30. The van der Waals surface area contributed by atoms with Gasteiger partial charge in [-0.1, -0.05) is 43.2 Å². The lowest BCUT2D eigenvalue weighted by molar-refractivity contribution is -0.144. The van der Waals surface area contributed by atoms with Crippen LogP contribution in [-0.4, -0.2) is 75.6 Å². The molecule has 1 saturated heterocycles. The minimum Gasteiger partial charge on any atom is -0.444 e. The fourth-order valence-corrected chi connectivity index (χ4v) is 7.28. The number of hydrogen-bond acceptors (Lipinski definition) is 8. The highest BCUT2D eigenvalue weighted by Crippen LogP contribution is 2.45. The number of carbonyl (C=O) groups is 5. The monoisotopic (exact) mass is 769 g/mol. The molecular formula is C39H46F3N5O8. The van der Waals surface area contributed by atoms with Crippen LogP contribution in [0.25, 0.3) is 0 Å². The van der Waals surface area contributed by atoms with Crippen molar-refractivity contribution in [1.82, 2.24) is 25.9 Å². The van der Waals surface area contributed by atoms with E-state index in [0.29, 0.717) is 30.4 Å². The Morgan fingerprint density at radius 1 is 0.982 bits per heavy atom. The van der Waals surface area contributed by atoms with Gasteiger partial charge in [-0.05, 0) is 70.2 Å². The molecule has 2 fully saturated rings. The number of hydrogen-bond donors (Lipinski definition) is 3. The zero-order chi connectivity index (χ0) is 39.5. The molecule has 3 heterocycles. The summed E-state index contributed by atoms with van der Waals surface area (Å²) in [4.78, 5) is 76.3. The molecule has 0 radical (unpaired) electrons. The molecule has 5 atom stereocenters. The first-order valence-electron chi connectivity index (χ1n) is 18.5. The van der Waals surface area contributed by atoms with Crippen molar-refractivity contribution >= 4 is 29.9 Å². The first-order valence-corrected chi connectivity index (χ1v) is 18.5. The molecule has 4 aliphatic rings. The molecule has 55 heavy (non-hydrogen) atoms. The van der Waals surface area contributed by atoms with Crippen LogP contribution < -0.4 is 16.1 Å². The van der Waals surface area contributed by atoms with Gasteiger partial charge in [-0.25, -0.2) is 28.2 Å². The van der Waals surface area contributed by atoms with E-state index in [0.717, 1.165) is 18.6 Å². The van der Waals surface area contributed by atoms with Crippen molar-refractivity contribution in [3.05, 3.63) is 82.7 Å². The summed E-state index contributed by atoms with van der Waals surface area (Å²) in [6, 6.07) is 5.56. The van der Waals surface area contributed by atoms with Gasteiger partial charge in [0.2, 0.25) is 11.8 Å². The second-order valence-electron chi connectivity index (χ2n) is 15.4. The Morgan fingerprint density at radius 2 is 1.71 bits per heavy atom. The summed E-state index contributed by atoms with van der Waals surface area (Å²) in [7, 11) is 0. The van der Waals surface area contributed by atoms with Gasteiger partial charge >= 0.3 is 12.2 Å². The minimum atomic E-state index is -1.52. The molecule has 0 spiro atoms. The molecule has 2 aromatic rings. The summed E-state index contributed by atoms with van der Waals surface area (Å²) in [6.07, 6.45) is 4.12. The fourth-order valence-electron chi connectivity index (χ4n) is 7.28. The average molecular weight is 770 g/mol. The Labute approximate surface area is 316 Å². The van der Waals surface area contributed by atoms with Crippen LogP contribution in [0, 0.1) is 23.4 Å². The number of rotatable bonds is 6. The molecule has 3 N–H and O–H groups in total. The Morgan fingerprint density at radius 3 is 2.44 bits per heavy atom. The topological polar surface area (TPSA) is 156 Å². The van der Waals surface area contributed by atoms with Gasteiger partial charge < -0.3 is 25.0 Å². The molecule has 5 amide bonds. The quantitative estimate of drug-likeness (QED) is 0.272. The molecule has 16 heteroatoms. The molecule has 296 valence electrons. The van der Waals surface area contributed by atoms with Crippen molar-refractivity contribution in [3.8, 4) is 0 Å². The van der Waals surface area contributed by atoms with Crippen molar-refractivity contribution in [1.29, 1.82) is 0 Å². The van der Waals surface area contributed by atoms with Gasteiger partial charge in [0.05, 0.1) is 18.7 Å². The van der Waals surface area contributed by atoms with Gasteiger partial charge in [0.15, 0.2) is 0 Å². The average Bonchev–Trinajstić information content (AvgIpc) is 3.41. The van der Waals surface area contributed by atoms with Crippen LogP contribution in [0.15, 0.2) is 48.6 Å². The third-order valence-corrected chi connectivity index (χ3v) is 10.2. The summed E-state index contributed by atoms with van der Waals surface area (Å²) >= 11 is 0. The largest absolute Gasteiger partial charge is 0.444 e. The highest BCUT2D eigenvalue weighted by molar-refractivity contribution is 5.98. The molecule has 0 aromatic heterocycles. The highest BCUT2D eigenvalue weighted by Gasteiger charge is 2.61. The molecule has 3 aliphatic heterocycles. The van der Waals surface area contributed by atoms with Gasteiger partial charge in [-0.2, -0.15) is 0 Å². The van der Waals surface area contributed by atoms with E-state index in [1.807, 2.05) is 12.2 Å². The highest BCUT2D eigenvalue weighted by atomic mass is 19.1. The molecule has 1 aliphatic carbocycles. The maximum Gasteiger partial charge on any atom is 0.410 e. The van der Waals surface area contributed by atoms with Gasteiger partial charge in [0.1, 0.15) is 53.4 Å². The zero-order valence-electron chi connectivity index (χ0n) is 31.0. The number of alkyl carbamates (subject to hydrolysis) is 1. The number of ether oxygens (including phenoxy) is 2. The molecule has 13 nitrogen and oxygen atoms in total. The van der Waals surface area contributed by atoms with Crippen LogP contribution in [0.4, 0.5) is 22.8 Å². The number of nitrogens with zero attached hydrogens (tertiary/aromatic N) is 2. The number of allylic oxidation sites excluding steroid dienone is 1. The van der Waals surface area contributed by atoms with Crippen molar-refractivity contribution in [3.63, 3.8) is 0 Å². The van der Waals surface area contributed by atoms with Crippen LogP contribution in [0.5, 0.6) is 0 Å². The van der Waals surface area contributed by atoms with Gasteiger partial charge in [0, 0.05) is 24.4 Å². The number of nitrogens with one attached hydrogen (secondary N) is 3. The summed E-state index contributed by atoms with van der Waals surface area (Å²) < 4.78 is 54.1. The first-order chi connectivity index (χ1) is 26.1. The summed E-state index contributed by atoms with van der Waals surface area (Å²) in [6.45, 7) is 4.34. The van der Waals surface area contributed by atoms with Crippen molar-refractivity contribution in [2.24, 2.45) is 5.92 Å². The normalized spacial score (nSPS) is 26.0. The Balaban J connectivity index is 1.22. The second-order valence-corrected chi connectivity index (χ2v) is 15.4. The van der Waals surface area contributed by atoms with E-state index in [1.54, 1.807) is 32.9 Å². The predicted octanol–water partition coefficient (Wildman–Crippen LogP) is 5.06. The molecule has 1 saturated carbocycles. The van der Waals surface area contributed by atoms with Crippen LogP contribution in [-0.2, 0) is 48.4 Å². The number of carbonyl (C=O) groups excluding carboxylic acids is 5. The third kappa shape index (κ3) is 9.23. The first kappa shape index (κ1) is 39.6. The van der Waals surface area contributed by atoms with E-state index >= 15 is 0 Å². The lowest BCUT2D eigenvalue weighted by Crippen LogP contribution is -2.58. The standard InChI is InChI=1S/C39H46F3N5O8/c1-38(2,3)55-36(51)43-31-16-8-6-4-5-7-12-24-18-39(24,35(50)45-53-22-27-29(41)14-10-15-30(27)42)44-33(48)32-17-25(20-47(32)34(31)49)54-37(52)46-19-23-11-9-13-28(40)26(23)21-46/h7,9-15,24-25,31-32H,4-6,8,16-22H2,1-3H3,(H,43,51)(H,44,48)(H,45,50)/b12-7-/t24?,25?,31?,32-,39?/m0/s1. The van der Waals surface area contributed by atoms with Crippen molar-refractivity contribution < 1.29 is 51.5 Å². The zero-order valence-corrected chi connectivity index (χ0v) is 31.0. The number of halogens is 3. The van der Waals surface area contributed by atoms with Gasteiger partial charge in [-0.15, -0.1) is 0 Å². The van der Waals surface area contributed by atoms with E-state index < -0.39 is 94.8 Å². The van der Waals surface area contributed by atoms with E-state index in [2.05, 4.69) is 16.1 Å². The van der Waals surface area contributed by atoms with Crippen molar-refractivity contribution in [2.45, 2.75) is 115 Å². The number of hydroxylamine groups is 1. The van der Waals surface area contributed by atoms with Crippen LogP contribution in [0.2, 0.25) is 0 Å². The van der Waals surface area contributed by atoms with Crippen molar-refractivity contribution in [2.75, 3.05) is 6.54 Å². The Kier molecular flexibility index (Phi) is 11.7. The van der Waals surface area contributed by atoms with E-state index in [-0.39, 0.29) is 38.9 Å². The van der Waals surface area contributed by atoms with Crippen LogP contribution >= 0.6 is 0 Å². The third-order valence-electron chi connectivity index (χ3n) is 10.2. The number of amides is 5. The molecule has 2 aromatic carbocycles. The Hall–Kier alpha value is -5.12. The molecule has 0 bridgehead atoms. The van der Waals surface area contributed by atoms with Gasteiger partial charge in [0.25, 0.3) is 5.91 Å². The Bertz CT molecular complexity index is 1830. The fraction of sp³-hybridized carbons (Fsp3) is 0.513. The summed E-state index contributed by atoms with van der Waals surface area (Å²) in [5, 5.41) is 5.47. The maximum atomic E-state index is 14.4. The van der Waals surface area contributed by atoms with Crippen LogP contribution in [0.1, 0.15) is 82.4 Å². The molecular weight excluding hydrogens is 723 g/mol. The molecule has 4 unspecified atom stereocenters. The van der Waals surface area contributed by atoms with E-state index in [9.17, 15) is 37.1 Å². The second kappa shape index (κ2) is 16.3. The minimum absolute atomic E-state index is 0.0137. The number of benzene rings is 2. The van der Waals surface area contributed by atoms with Gasteiger partial charge in [-0.3, -0.25) is 24.1 Å². The van der Waals surface area contributed by atoms with Crippen LogP contribution in [0.3, 0.4) is 0 Å². The SMILES string of the molecule is CC(C)(C)OC(=O)NC1CCCCC/C=C\C2CC2(C(=O)NOCc2c(F)cccc2F)NC(=O)[C@@H]2CC(OC(=O)N3Cc4cccc(F)c4C3)CN2C1=O. The summed E-state index contributed by atoms with van der Waals surface area (Å²) in [5.74, 6) is -4.71. The molecule has 6 rings (SSSR count).